The molecule has 0 atom stereocenters. The minimum atomic E-state index is -0.541. The summed E-state index contributed by atoms with van der Waals surface area (Å²) in [4.78, 5) is 16.1. The van der Waals surface area contributed by atoms with E-state index in [0.717, 1.165) is 5.82 Å². The van der Waals surface area contributed by atoms with Crippen LogP contribution in [0.1, 0.15) is 16.2 Å². The topological polar surface area (TPSA) is 49.1 Å². The Balaban J connectivity index is 1.64. The molecule has 6 heteroatoms. The van der Waals surface area contributed by atoms with Gasteiger partial charge in [0.25, 0.3) is 0 Å². The number of benzene rings is 1. The standard InChI is InChI=1S/C17H16FN3O2/c1-13-19-6-9-20(13)10-11-23-17(22)14-4-5-16(15(18)12-14)21-7-2-3-8-21/h2-9,12H,10-11H2,1H3. The molecule has 0 spiro atoms. The number of aromatic nitrogens is 3. The third-order valence-electron chi connectivity index (χ3n) is 3.55. The molecule has 0 aliphatic heterocycles. The predicted molar refractivity (Wildman–Crippen MR) is 83.0 cm³/mol. The van der Waals surface area contributed by atoms with Gasteiger partial charge in [-0.1, -0.05) is 0 Å². The molecule has 0 unspecified atom stereocenters. The zero-order valence-corrected chi connectivity index (χ0v) is 12.6. The van der Waals surface area contributed by atoms with Crippen LogP contribution >= 0.6 is 0 Å². The number of nitrogens with zero attached hydrogens (tertiary/aromatic N) is 3. The SMILES string of the molecule is Cc1nccn1CCOC(=O)c1ccc(-n2cccc2)c(F)c1. The van der Waals surface area contributed by atoms with Gasteiger partial charge in [-0.05, 0) is 37.3 Å². The molecular weight excluding hydrogens is 297 g/mol. The van der Waals surface area contributed by atoms with E-state index >= 15 is 0 Å². The highest BCUT2D eigenvalue weighted by molar-refractivity contribution is 5.89. The zero-order valence-electron chi connectivity index (χ0n) is 12.6. The van der Waals surface area contributed by atoms with Crippen molar-refractivity contribution in [3.05, 3.63) is 72.3 Å². The molecule has 0 saturated heterocycles. The van der Waals surface area contributed by atoms with E-state index in [1.807, 2.05) is 17.7 Å². The molecule has 0 fully saturated rings. The van der Waals surface area contributed by atoms with Crippen molar-refractivity contribution in [2.45, 2.75) is 13.5 Å². The summed E-state index contributed by atoms with van der Waals surface area (Å²) in [5, 5.41) is 0. The van der Waals surface area contributed by atoms with Gasteiger partial charge in [-0.25, -0.2) is 14.2 Å². The van der Waals surface area contributed by atoms with E-state index in [9.17, 15) is 9.18 Å². The van der Waals surface area contributed by atoms with Crippen LogP contribution in [0.25, 0.3) is 5.69 Å². The van der Waals surface area contributed by atoms with E-state index in [-0.39, 0.29) is 12.2 Å². The highest BCUT2D eigenvalue weighted by Crippen LogP contribution is 2.16. The molecule has 0 saturated carbocycles. The number of carbonyl (C=O) groups excluding carboxylic acids is 1. The first-order valence-electron chi connectivity index (χ1n) is 7.23. The van der Waals surface area contributed by atoms with Crippen molar-refractivity contribution in [2.75, 3.05) is 6.61 Å². The van der Waals surface area contributed by atoms with Crippen molar-refractivity contribution in [3.63, 3.8) is 0 Å². The smallest absolute Gasteiger partial charge is 0.338 e. The number of aryl methyl sites for hydroxylation is 1. The number of ether oxygens (including phenoxy) is 1. The second-order valence-corrected chi connectivity index (χ2v) is 5.06. The maximum Gasteiger partial charge on any atom is 0.338 e. The molecule has 0 N–H and O–H groups in total. The maximum atomic E-state index is 14.1. The van der Waals surface area contributed by atoms with Crippen LogP contribution in [0, 0.1) is 12.7 Å². The molecule has 118 valence electrons. The van der Waals surface area contributed by atoms with Crippen molar-refractivity contribution in [2.24, 2.45) is 0 Å². The van der Waals surface area contributed by atoms with Crippen LogP contribution in [0.15, 0.2) is 55.1 Å². The minimum absolute atomic E-state index is 0.195. The van der Waals surface area contributed by atoms with Crippen LogP contribution in [0.2, 0.25) is 0 Å². The van der Waals surface area contributed by atoms with Gasteiger partial charge in [0.15, 0.2) is 0 Å². The Labute approximate surface area is 133 Å². The van der Waals surface area contributed by atoms with Gasteiger partial charge < -0.3 is 13.9 Å². The van der Waals surface area contributed by atoms with Crippen molar-refractivity contribution in [1.29, 1.82) is 0 Å². The number of imidazole rings is 1. The van der Waals surface area contributed by atoms with Crippen molar-refractivity contribution in [1.82, 2.24) is 14.1 Å². The monoisotopic (exact) mass is 313 g/mol. The van der Waals surface area contributed by atoms with Crippen molar-refractivity contribution >= 4 is 5.97 Å². The predicted octanol–water partition coefficient (Wildman–Crippen LogP) is 2.98. The third kappa shape index (κ3) is 3.31. The van der Waals surface area contributed by atoms with Crippen LogP contribution in [0.5, 0.6) is 0 Å². The highest BCUT2D eigenvalue weighted by Gasteiger charge is 2.12. The fourth-order valence-electron chi connectivity index (χ4n) is 2.30. The molecule has 2 heterocycles. The van der Waals surface area contributed by atoms with Crippen LogP contribution < -0.4 is 0 Å². The molecule has 3 aromatic rings. The lowest BCUT2D eigenvalue weighted by Gasteiger charge is -2.09. The summed E-state index contributed by atoms with van der Waals surface area (Å²) in [6.45, 7) is 2.59. The first kappa shape index (κ1) is 15.0. The summed E-state index contributed by atoms with van der Waals surface area (Å²) in [5.74, 6) is -0.162. The van der Waals surface area contributed by atoms with Crippen molar-refractivity contribution in [3.8, 4) is 5.69 Å². The summed E-state index contributed by atoms with van der Waals surface area (Å²) in [5.41, 5.74) is 0.585. The van der Waals surface area contributed by atoms with E-state index < -0.39 is 11.8 Å². The summed E-state index contributed by atoms with van der Waals surface area (Å²) in [6, 6.07) is 7.93. The average molecular weight is 313 g/mol. The van der Waals surface area contributed by atoms with Gasteiger partial charge >= 0.3 is 5.97 Å². The first-order chi connectivity index (χ1) is 11.1. The Kier molecular flexibility index (Phi) is 4.23. The van der Waals surface area contributed by atoms with E-state index in [4.69, 9.17) is 4.74 Å². The number of halogens is 1. The zero-order chi connectivity index (χ0) is 16.2. The molecule has 23 heavy (non-hydrogen) atoms. The first-order valence-corrected chi connectivity index (χ1v) is 7.23. The van der Waals surface area contributed by atoms with Crippen LogP contribution in [-0.2, 0) is 11.3 Å². The van der Waals surface area contributed by atoms with Gasteiger partial charge in [0, 0.05) is 24.8 Å². The fourth-order valence-corrected chi connectivity index (χ4v) is 2.30. The maximum absolute atomic E-state index is 14.1. The summed E-state index contributed by atoms with van der Waals surface area (Å²) in [6.07, 6.45) is 6.98. The van der Waals surface area contributed by atoms with E-state index in [2.05, 4.69) is 4.98 Å². The van der Waals surface area contributed by atoms with E-state index in [1.54, 1.807) is 47.4 Å². The molecule has 0 aliphatic rings. The van der Waals surface area contributed by atoms with Gasteiger partial charge in [0.1, 0.15) is 18.2 Å². The lowest BCUT2D eigenvalue weighted by Crippen LogP contribution is -2.12. The van der Waals surface area contributed by atoms with Crippen LogP contribution in [0.3, 0.4) is 0 Å². The molecule has 0 bridgehead atoms. The quantitative estimate of drug-likeness (QED) is 0.680. The largest absolute Gasteiger partial charge is 0.460 e. The Morgan fingerprint density at radius 2 is 2.04 bits per heavy atom. The number of hydrogen-bond donors (Lipinski definition) is 0. The Morgan fingerprint density at radius 1 is 1.26 bits per heavy atom. The Bertz CT molecular complexity index is 809. The Morgan fingerprint density at radius 3 is 2.70 bits per heavy atom. The Hall–Kier alpha value is -2.89. The molecule has 0 radical (unpaired) electrons. The highest BCUT2D eigenvalue weighted by atomic mass is 19.1. The van der Waals surface area contributed by atoms with Crippen molar-refractivity contribution < 1.29 is 13.9 Å². The number of carbonyl (C=O) groups is 1. The lowest BCUT2D eigenvalue weighted by atomic mass is 10.2. The van der Waals surface area contributed by atoms with Gasteiger partial charge in [-0.2, -0.15) is 0 Å². The van der Waals surface area contributed by atoms with Gasteiger partial charge in [-0.3, -0.25) is 0 Å². The van der Waals surface area contributed by atoms with E-state index in [1.165, 1.54) is 6.07 Å². The summed E-state index contributed by atoms with van der Waals surface area (Å²) >= 11 is 0. The minimum Gasteiger partial charge on any atom is -0.460 e. The van der Waals surface area contributed by atoms with Crippen LogP contribution in [0.4, 0.5) is 4.39 Å². The molecule has 5 nitrogen and oxygen atoms in total. The number of hydrogen-bond acceptors (Lipinski definition) is 3. The second kappa shape index (κ2) is 6.48. The average Bonchev–Trinajstić information content (AvgIpc) is 3.19. The molecular formula is C17H16FN3O2. The molecule has 0 aliphatic carbocycles. The third-order valence-corrected chi connectivity index (χ3v) is 3.55. The van der Waals surface area contributed by atoms with Gasteiger partial charge in [0.2, 0.25) is 0 Å². The second-order valence-electron chi connectivity index (χ2n) is 5.06. The number of rotatable bonds is 5. The van der Waals surface area contributed by atoms with Gasteiger partial charge in [0.05, 0.1) is 17.8 Å². The lowest BCUT2D eigenvalue weighted by molar-refractivity contribution is 0.0490. The van der Waals surface area contributed by atoms with Gasteiger partial charge in [-0.15, -0.1) is 0 Å². The normalized spacial score (nSPS) is 10.7. The van der Waals surface area contributed by atoms with Crippen LogP contribution in [-0.4, -0.2) is 26.7 Å². The molecule has 2 aromatic heterocycles. The summed E-state index contributed by atoms with van der Waals surface area (Å²) in [7, 11) is 0. The molecule has 0 amide bonds. The van der Waals surface area contributed by atoms with E-state index in [0.29, 0.717) is 12.2 Å². The number of esters is 1. The summed E-state index contributed by atoms with van der Waals surface area (Å²) < 4.78 is 22.8. The molecule has 1 aromatic carbocycles. The molecule has 3 rings (SSSR count). The fraction of sp³-hybridized carbons (Fsp3) is 0.176.